The van der Waals surface area contributed by atoms with Crippen molar-refractivity contribution in [2.45, 2.75) is 45.1 Å². The molecule has 4 heteroatoms. The molecule has 2 N–H and O–H groups in total. The molecule has 1 rings (SSSR count). The van der Waals surface area contributed by atoms with Crippen LogP contribution in [0.5, 0.6) is 0 Å². The maximum Gasteiger partial charge on any atom is 0.241 e. The van der Waals surface area contributed by atoms with Gasteiger partial charge in [0.2, 0.25) is 5.91 Å². The van der Waals surface area contributed by atoms with E-state index in [9.17, 15) is 4.79 Å². The van der Waals surface area contributed by atoms with Crippen LogP contribution in [-0.4, -0.2) is 43.7 Å². The smallest absolute Gasteiger partial charge is 0.241 e. The predicted octanol–water partition coefficient (Wildman–Crippen LogP) is 1.39. The van der Waals surface area contributed by atoms with Gasteiger partial charge in [-0.25, -0.2) is 0 Å². The van der Waals surface area contributed by atoms with Crippen LogP contribution in [-0.2, 0) is 9.53 Å². The summed E-state index contributed by atoms with van der Waals surface area (Å²) in [6, 6.07) is -0.497. The van der Waals surface area contributed by atoms with Gasteiger partial charge in [-0.05, 0) is 25.2 Å². The summed E-state index contributed by atoms with van der Waals surface area (Å²) in [5, 5.41) is 0. The summed E-state index contributed by atoms with van der Waals surface area (Å²) in [4.78, 5) is 13.9. The van der Waals surface area contributed by atoms with Crippen molar-refractivity contribution in [2.75, 3.05) is 26.8 Å². The van der Waals surface area contributed by atoms with Gasteiger partial charge < -0.3 is 15.4 Å². The summed E-state index contributed by atoms with van der Waals surface area (Å²) >= 11 is 0. The highest BCUT2D eigenvalue weighted by Gasteiger charge is 2.24. The van der Waals surface area contributed by atoms with E-state index in [1.54, 1.807) is 7.11 Å². The Kier molecular flexibility index (Phi) is 6.52. The van der Waals surface area contributed by atoms with Crippen LogP contribution in [0.3, 0.4) is 0 Å². The molecular weight excluding hydrogens is 216 g/mol. The number of hydrogen-bond acceptors (Lipinski definition) is 3. The fourth-order valence-corrected chi connectivity index (χ4v) is 2.57. The second kappa shape index (κ2) is 7.67. The summed E-state index contributed by atoms with van der Waals surface area (Å²) < 4.78 is 4.93. The van der Waals surface area contributed by atoms with E-state index in [0.717, 1.165) is 31.8 Å². The van der Waals surface area contributed by atoms with Crippen molar-refractivity contribution in [3.8, 4) is 0 Å². The summed E-state index contributed by atoms with van der Waals surface area (Å²) in [5.74, 6) is 0.834. The van der Waals surface area contributed by atoms with E-state index in [-0.39, 0.29) is 5.91 Å². The van der Waals surface area contributed by atoms with Crippen LogP contribution < -0.4 is 5.73 Å². The number of amides is 1. The molecule has 100 valence electrons. The molecule has 0 aromatic rings. The van der Waals surface area contributed by atoms with E-state index >= 15 is 0 Å². The quantitative estimate of drug-likeness (QED) is 0.792. The first-order valence-corrected chi connectivity index (χ1v) is 6.72. The lowest BCUT2D eigenvalue weighted by molar-refractivity contribution is -0.133. The zero-order valence-corrected chi connectivity index (χ0v) is 11.2. The number of methoxy groups -OCH3 is 1. The minimum Gasteiger partial charge on any atom is -0.383 e. The lowest BCUT2D eigenvalue weighted by atomic mass is 9.96. The largest absolute Gasteiger partial charge is 0.383 e. The van der Waals surface area contributed by atoms with Crippen molar-refractivity contribution in [2.24, 2.45) is 11.7 Å². The summed E-state index contributed by atoms with van der Waals surface area (Å²) in [6.07, 6.45) is 6.00. The highest BCUT2D eigenvalue weighted by Crippen LogP contribution is 2.22. The number of ether oxygens (including phenoxy) is 1. The van der Waals surface area contributed by atoms with Gasteiger partial charge in [0, 0.05) is 20.2 Å². The Morgan fingerprint density at radius 1 is 1.47 bits per heavy atom. The van der Waals surface area contributed by atoms with E-state index in [1.165, 1.54) is 19.3 Å². The topological polar surface area (TPSA) is 55.6 Å². The lowest BCUT2D eigenvalue weighted by Crippen LogP contribution is -2.46. The standard InChI is InChI=1S/C13H26N2O2/c1-3-5-11-6-4-8-15(9-7-11)13(16)12(14)10-17-2/h11-12H,3-10,14H2,1-2H3. The van der Waals surface area contributed by atoms with E-state index < -0.39 is 6.04 Å². The molecule has 0 saturated carbocycles. The normalized spacial score (nSPS) is 23.2. The first-order valence-electron chi connectivity index (χ1n) is 6.72. The first-order chi connectivity index (χ1) is 8.19. The molecule has 0 radical (unpaired) electrons. The van der Waals surface area contributed by atoms with Gasteiger partial charge in [-0.3, -0.25) is 4.79 Å². The molecule has 1 aliphatic heterocycles. The summed E-state index contributed by atoms with van der Waals surface area (Å²) in [5.41, 5.74) is 5.79. The van der Waals surface area contributed by atoms with Gasteiger partial charge in [-0.15, -0.1) is 0 Å². The zero-order valence-electron chi connectivity index (χ0n) is 11.2. The van der Waals surface area contributed by atoms with Crippen LogP contribution in [0.2, 0.25) is 0 Å². The van der Waals surface area contributed by atoms with Crippen LogP contribution in [0.1, 0.15) is 39.0 Å². The number of carbonyl (C=O) groups excluding carboxylic acids is 1. The van der Waals surface area contributed by atoms with Crippen molar-refractivity contribution in [3.63, 3.8) is 0 Å². The molecular formula is C13H26N2O2. The van der Waals surface area contributed by atoms with E-state index in [2.05, 4.69) is 6.92 Å². The lowest BCUT2D eigenvalue weighted by Gasteiger charge is -2.23. The number of nitrogens with two attached hydrogens (primary N) is 1. The fraction of sp³-hybridized carbons (Fsp3) is 0.923. The van der Waals surface area contributed by atoms with E-state index in [1.807, 2.05) is 4.90 Å². The molecule has 0 bridgehead atoms. The second-order valence-corrected chi connectivity index (χ2v) is 4.97. The summed E-state index contributed by atoms with van der Waals surface area (Å²) in [7, 11) is 1.58. The third-order valence-corrected chi connectivity index (χ3v) is 3.52. The molecule has 4 nitrogen and oxygen atoms in total. The molecule has 2 atom stereocenters. The van der Waals surface area contributed by atoms with Crippen LogP contribution in [0.25, 0.3) is 0 Å². The Hall–Kier alpha value is -0.610. The fourth-order valence-electron chi connectivity index (χ4n) is 2.57. The van der Waals surface area contributed by atoms with Gasteiger partial charge in [-0.1, -0.05) is 19.8 Å². The van der Waals surface area contributed by atoms with E-state index in [0.29, 0.717) is 6.61 Å². The van der Waals surface area contributed by atoms with Gasteiger partial charge in [0.15, 0.2) is 0 Å². The number of rotatable bonds is 5. The molecule has 1 saturated heterocycles. The average molecular weight is 242 g/mol. The molecule has 17 heavy (non-hydrogen) atoms. The number of likely N-dealkylation sites (tertiary alicyclic amines) is 1. The minimum absolute atomic E-state index is 0.0454. The molecule has 0 aromatic carbocycles. The van der Waals surface area contributed by atoms with E-state index in [4.69, 9.17) is 10.5 Å². The van der Waals surface area contributed by atoms with Gasteiger partial charge >= 0.3 is 0 Å². The average Bonchev–Trinajstić information content (AvgIpc) is 2.54. The Morgan fingerprint density at radius 2 is 2.24 bits per heavy atom. The van der Waals surface area contributed by atoms with Crippen molar-refractivity contribution in [1.29, 1.82) is 0 Å². The maximum atomic E-state index is 12.0. The Bertz CT molecular complexity index is 233. The van der Waals surface area contributed by atoms with Crippen LogP contribution in [0.4, 0.5) is 0 Å². The molecule has 0 aliphatic carbocycles. The van der Waals surface area contributed by atoms with Crippen molar-refractivity contribution >= 4 is 5.91 Å². The van der Waals surface area contributed by atoms with Gasteiger partial charge in [-0.2, -0.15) is 0 Å². The Labute approximate surface area is 104 Å². The highest BCUT2D eigenvalue weighted by atomic mass is 16.5. The SMILES string of the molecule is CCCC1CCCN(C(=O)C(N)COC)CC1. The van der Waals surface area contributed by atoms with Crippen LogP contribution in [0, 0.1) is 5.92 Å². The highest BCUT2D eigenvalue weighted by molar-refractivity contribution is 5.81. The molecule has 0 spiro atoms. The molecule has 1 aliphatic rings. The van der Waals surface area contributed by atoms with Gasteiger partial charge in [0.25, 0.3) is 0 Å². The van der Waals surface area contributed by atoms with Gasteiger partial charge in [0.05, 0.1) is 6.61 Å². The second-order valence-electron chi connectivity index (χ2n) is 4.97. The van der Waals surface area contributed by atoms with Crippen LogP contribution in [0.15, 0.2) is 0 Å². The van der Waals surface area contributed by atoms with Gasteiger partial charge in [0.1, 0.15) is 6.04 Å². The molecule has 1 amide bonds. The Morgan fingerprint density at radius 3 is 2.88 bits per heavy atom. The maximum absolute atomic E-state index is 12.0. The van der Waals surface area contributed by atoms with Crippen molar-refractivity contribution < 1.29 is 9.53 Å². The molecule has 0 aromatic heterocycles. The van der Waals surface area contributed by atoms with Crippen molar-refractivity contribution in [3.05, 3.63) is 0 Å². The molecule has 1 fully saturated rings. The zero-order chi connectivity index (χ0) is 12.7. The minimum atomic E-state index is -0.497. The summed E-state index contributed by atoms with van der Waals surface area (Å²) in [6.45, 7) is 4.26. The molecule has 2 unspecified atom stereocenters. The third-order valence-electron chi connectivity index (χ3n) is 3.52. The van der Waals surface area contributed by atoms with Crippen molar-refractivity contribution in [1.82, 2.24) is 4.90 Å². The molecule has 1 heterocycles. The number of hydrogen-bond donors (Lipinski definition) is 1. The van der Waals surface area contributed by atoms with Crippen LogP contribution >= 0.6 is 0 Å². The number of nitrogens with zero attached hydrogens (tertiary/aromatic N) is 1. The monoisotopic (exact) mass is 242 g/mol. The Balaban J connectivity index is 2.42. The first kappa shape index (κ1) is 14.5. The third kappa shape index (κ3) is 4.64. The predicted molar refractivity (Wildman–Crippen MR) is 68.7 cm³/mol. The number of carbonyl (C=O) groups is 1.